The highest BCUT2D eigenvalue weighted by atomic mass is 16.5. The lowest BCUT2D eigenvalue weighted by atomic mass is 9.87. The molecule has 0 radical (unpaired) electrons. The van der Waals surface area contributed by atoms with Crippen LogP contribution in [0.4, 0.5) is 0 Å². The molecule has 0 aromatic heterocycles. The summed E-state index contributed by atoms with van der Waals surface area (Å²) in [7, 11) is 0. The van der Waals surface area contributed by atoms with E-state index < -0.39 is 0 Å². The summed E-state index contributed by atoms with van der Waals surface area (Å²) >= 11 is 0. The van der Waals surface area contributed by atoms with Gasteiger partial charge in [-0.1, -0.05) is 64.1 Å². The maximum Gasteiger partial charge on any atom is 0.119 e. The summed E-state index contributed by atoms with van der Waals surface area (Å²) in [4.78, 5) is 0. The molecule has 2 aromatic rings. The number of hydrogen-bond donors (Lipinski definition) is 1. The van der Waals surface area contributed by atoms with Crippen LogP contribution in [0.15, 0.2) is 48.5 Å². The first-order chi connectivity index (χ1) is 11.4. The van der Waals surface area contributed by atoms with Crippen LogP contribution in [-0.4, -0.2) is 6.61 Å². The van der Waals surface area contributed by atoms with Crippen molar-refractivity contribution < 1.29 is 4.74 Å². The molecule has 24 heavy (non-hydrogen) atoms. The average molecular weight is 325 g/mol. The quantitative estimate of drug-likeness (QED) is 0.713. The lowest BCUT2D eigenvalue weighted by Gasteiger charge is -2.20. The number of hydrogen-bond acceptors (Lipinski definition) is 2. The molecule has 2 aromatic carbocycles. The van der Waals surface area contributed by atoms with Crippen LogP contribution in [0, 0.1) is 0 Å². The molecule has 1 atom stereocenters. The van der Waals surface area contributed by atoms with Gasteiger partial charge in [0.25, 0.3) is 0 Å². The Hall–Kier alpha value is -1.80. The number of ether oxygens (including phenoxy) is 1. The maximum absolute atomic E-state index is 5.64. The van der Waals surface area contributed by atoms with Crippen molar-refractivity contribution in [1.29, 1.82) is 0 Å². The van der Waals surface area contributed by atoms with Crippen molar-refractivity contribution in [3.8, 4) is 5.75 Å². The van der Waals surface area contributed by atoms with Crippen molar-refractivity contribution in [2.75, 3.05) is 6.61 Å². The van der Waals surface area contributed by atoms with E-state index in [0.29, 0.717) is 6.04 Å². The van der Waals surface area contributed by atoms with Gasteiger partial charge < -0.3 is 10.1 Å². The molecule has 0 bridgehead atoms. The molecule has 0 aliphatic carbocycles. The van der Waals surface area contributed by atoms with Crippen molar-refractivity contribution in [2.45, 2.75) is 59.0 Å². The molecule has 0 amide bonds. The Balaban J connectivity index is 1.89. The van der Waals surface area contributed by atoms with Crippen molar-refractivity contribution in [2.24, 2.45) is 0 Å². The van der Waals surface area contributed by atoms with Gasteiger partial charge in [0.05, 0.1) is 6.61 Å². The fourth-order valence-electron chi connectivity index (χ4n) is 2.58. The van der Waals surface area contributed by atoms with Gasteiger partial charge in [0, 0.05) is 12.6 Å². The molecular weight excluding hydrogens is 294 g/mol. The normalized spacial score (nSPS) is 12.9. The van der Waals surface area contributed by atoms with E-state index in [-0.39, 0.29) is 5.41 Å². The van der Waals surface area contributed by atoms with Crippen LogP contribution < -0.4 is 10.1 Å². The van der Waals surface area contributed by atoms with E-state index in [4.69, 9.17) is 4.74 Å². The van der Waals surface area contributed by atoms with Gasteiger partial charge in [-0.15, -0.1) is 0 Å². The summed E-state index contributed by atoms with van der Waals surface area (Å²) in [5.74, 6) is 0.950. The summed E-state index contributed by atoms with van der Waals surface area (Å²) in [6.45, 7) is 12.7. The standard InChI is InChI=1S/C22H31NO/c1-6-15-24-21-13-9-19(10-14-21)17(2)23-16-18-7-11-20(12-8-18)22(3,4)5/h7-14,17,23H,6,15-16H2,1-5H3. The van der Waals surface area contributed by atoms with Gasteiger partial charge in [-0.05, 0) is 47.6 Å². The van der Waals surface area contributed by atoms with E-state index in [1.54, 1.807) is 0 Å². The van der Waals surface area contributed by atoms with Gasteiger partial charge in [0.1, 0.15) is 5.75 Å². The van der Waals surface area contributed by atoms with E-state index in [9.17, 15) is 0 Å². The Labute approximate surface area is 147 Å². The van der Waals surface area contributed by atoms with Crippen LogP contribution in [0.5, 0.6) is 5.75 Å². The highest BCUT2D eigenvalue weighted by Gasteiger charge is 2.13. The smallest absolute Gasteiger partial charge is 0.119 e. The van der Waals surface area contributed by atoms with Crippen LogP contribution in [0.2, 0.25) is 0 Å². The van der Waals surface area contributed by atoms with E-state index in [1.165, 1.54) is 16.7 Å². The van der Waals surface area contributed by atoms with Crippen molar-refractivity contribution in [3.63, 3.8) is 0 Å². The highest BCUT2D eigenvalue weighted by molar-refractivity contribution is 5.30. The van der Waals surface area contributed by atoms with Gasteiger partial charge in [-0.25, -0.2) is 0 Å². The van der Waals surface area contributed by atoms with Gasteiger partial charge >= 0.3 is 0 Å². The van der Waals surface area contributed by atoms with Crippen molar-refractivity contribution in [1.82, 2.24) is 5.32 Å². The van der Waals surface area contributed by atoms with Crippen molar-refractivity contribution >= 4 is 0 Å². The Bertz CT molecular complexity index is 608. The molecule has 0 fully saturated rings. The summed E-state index contributed by atoms with van der Waals surface area (Å²) in [5, 5.41) is 3.60. The second-order valence-electron chi connectivity index (χ2n) is 7.47. The summed E-state index contributed by atoms with van der Waals surface area (Å²) < 4.78 is 5.64. The van der Waals surface area contributed by atoms with Crippen molar-refractivity contribution in [3.05, 3.63) is 65.2 Å². The molecule has 0 aliphatic heterocycles. The minimum atomic E-state index is 0.209. The van der Waals surface area contributed by atoms with Crippen LogP contribution in [-0.2, 0) is 12.0 Å². The van der Waals surface area contributed by atoms with Gasteiger partial charge in [-0.2, -0.15) is 0 Å². The second kappa shape index (κ2) is 8.34. The van der Waals surface area contributed by atoms with Crippen LogP contribution >= 0.6 is 0 Å². The molecule has 130 valence electrons. The second-order valence-corrected chi connectivity index (χ2v) is 7.47. The van der Waals surface area contributed by atoms with Gasteiger partial charge in [0.2, 0.25) is 0 Å². The molecule has 1 N–H and O–H groups in total. The number of nitrogens with one attached hydrogen (secondary N) is 1. The Kier molecular flexibility index (Phi) is 6.44. The first-order valence-electron chi connectivity index (χ1n) is 8.95. The molecule has 0 heterocycles. The third-order valence-corrected chi connectivity index (χ3v) is 4.29. The average Bonchev–Trinajstić information content (AvgIpc) is 2.58. The molecule has 1 unspecified atom stereocenters. The molecule has 2 rings (SSSR count). The van der Waals surface area contributed by atoms with Crippen LogP contribution in [0.1, 0.15) is 63.8 Å². The topological polar surface area (TPSA) is 21.3 Å². The minimum absolute atomic E-state index is 0.209. The fraction of sp³-hybridized carbons (Fsp3) is 0.455. The lowest BCUT2D eigenvalue weighted by molar-refractivity contribution is 0.317. The Morgan fingerprint density at radius 2 is 1.58 bits per heavy atom. The predicted octanol–water partition coefficient (Wildman–Crippen LogP) is 5.62. The monoisotopic (exact) mass is 325 g/mol. The predicted molar refractivity (Wildman–Crippen MR) is 103 cm³/mol. The van der Waals surface area contributed by atoms with Gasteiger partial charge in [-0.3, -0.25) is 0 Å². The third kappa shape index (κ3) is 5.38. The van der Waals surface area contributed by atoms with E-state index in [0.717, 1.165) is 25.3 Å². The first kappa shape index (κ1) is 18.5. The SMILES string of the molecule is CCCOc1ccc(C(C)NCc2ccc(C(C)(C)C)cc2)cc1. The molecule has 0 spiro atoms. The zero-order valence-corrected chi connectivity index (χ0v) is 15.7. The molecule has 2 heteroatoms. The summed E-state index contributed by atoms with van der Waals surface area (Å²) in [5.41, 5.74) is 4.19. The molecule has 0 aliphatic rings. The highest BCUT2D eigenvalue weighted by Crippen LogP contribution is 2.22. The fourth-order valence-corrected chi connectivity index (χ4v) is 2.58. The first-order valence-corrected chi connectivity index (χ1v) is 8.95. The number of rotatable bonds is 7. The maximum atomic E-state index is 5.64. The molecule has 2 nitrogen and oxygen atoms in total. The van der Waals surface area contributed by atoms with E-state index >= 15 is 0 Å². The van der Waals surface area contributed by atoms with Gasteiger partial charge in [0.15, 0.2) is 0 Å². The Morgan fingerprint density at radius 3 is 2.12 bits per heavy atom. The molecular formula is C22H31NO. The lowest BCUT2D eigenvalue weighted by Crippen LogP contribution is -2.18. The van der Waals surface area contributed by atoms with Crippen LogP contribution in [0.25, 0.3) is 0 Å². The minimum Gasteiger partial charge on any atom is -0.494 e. The summed E-state index contributed by atoms with van der Waals surface area (Å²) in [6.07, 6.45) is 1.04. The summed E-state index contributed by atoms with van der Waals surface area (Å²) in [6, 6.07) is 17.6. The van der Waals surface area contributed by atoms with E-state index in [1.807, 2.05) is 0 Å². The zero-order chi connectivity index (χ0) is 17.6. The third-order valence-electron chi connectivity index (χ3n) is 4.29. The van der Waals surface area contributed by atoms with Crippen LogP contribution in [0.3, 0.4) is 0 Å². The molecule has 0 saturated carbocycles. The zero-order valence-electron chi connectivity index (χ0n) is 15.7. The molecule has 0 saturated heterocycles. The van der Waals surface area contributed by atoms with E-state index in [2.05, 4.69) is 88.5 Å². The Morgan fingerprint density at radius 1 is 0.958 bits per heavy atom. The number of benzene rings is 2. The largest absolute Gasteiger partial charge is 0.494 e.